The first-order valence-corrected chi connectivity index (χ1v) is 8.16. The second-order valence-electron chi connectivity index (χ2n) is 6.54. The summed E-state index contributed by atoms with van der Waals surface area (Å²) in [6.45, 7) is 5.22. The summed E-state index contributed by atoms with van der Waals surface area (Å²) in [5.41, 5.74) is 2.64. The van der Waals surface area contributed by atoms with Crippen LogP contribution in [0.15, 0.2) is 24.3 Å². The van der Waals surface area contributed by atoms with Gasteiger partial charge in [-0.1, -0.05) is 19.9 Å². The van der Waals surface area contributed by atoms with Crippen LogP contribution in [0, 0.1) is 0 Å². The maximum atomic E-state index is 10.6. The van der Waals surface area contributed by atoms with Gasteiger partial charge in [-0.2, -0.15) is 0 Å². The van der Waals surface area contributed by atoms with Crippen LogP contribution in [0.4, 0.5) is 0 Å². The number of aliphatic carboxylic acids is 1. The molecule has 2 aromatic rings. The number of H-pyrrole nitrogens is 1. The van der Waals surface area contributed by atoms with Crippen molar-refractivity contribution >= 4 is 23.1 Å². The first-order chi connectivity index (χ1) is 11.3. The number of rotatable bonds is 8. The van der Waals surface area contributed by atoms with E-state index in [0.29, 0.717) is 6.04 Å². The fourth-order valence-corrected chi connectivity index (χ4v) is 2.57. The molecule has 0 unspecified atom stereocenters. The predicted molar refractivity (Wildman–Crippen MR) is 96.9 cm³/mol. The third-order valence-corrected chi connectivity index (χ3v) is 3.67. The molecule has 0 amide bonds. The molecule has 0 aliphatic carbocycles. The van der Waals surface area contributed by atoms with Crippen LogP contribution in [-0.2, 0) is 4.79 Å². The minimum atomic E-state index is -0.953. The molecule has 1 aromatic carbocycles. The first kappa shape index (κ1) is 18.2. The lowest BCUT2D eigenvalue weighted by atomic mass is 10.1. The van der Waals surface area contributed by atoms with Gasteiger partial charge in [-0.25, -0.2) is 9.78 Å². The zero-order chi connectivity index (χ0) is 17.7. The molecule has 0 saturated heterocycles. The minimum Gasteiger partial charge on any atom is -0.478 e. The average Bonchev–Trinajstić information content (AvgIpc) is 2.91. The van der Waals surface area contributed by atoms with Gasteiger partial charge in [-0.3, -0.25) is 0 Å². The highest BCUT2D eigenvalue weighted by molar-refractivity contribution is 5.86. The van der Waals surface area contributed by atoms with Gasteiger partial charge in [-0.05, 0) is 50.8 Å². The largest absolute Gasteiger partial charge is 0.478 e. The van der Waals surface area contributed by atoms with E-state index in [1.807, 2.05) is 18.2 Å². The van der Waals surface area contributed by atoms with Crippen LogP contribution in [0.2, 0.25) is 0 Å². The summed E-state index contributed by atoms with van der Waals surface area (Å²) in [5, 5.41) is 12.3. The summed E-state index contributed by atoms with van der Waals surface area (Å²) < 4.78 is 0. The molecule has 0 fully saturated rings. The molecular formula is C18H26N4O2. The molecule has 24 heavy (non-hydrogen) atoms. The van der Waals surface area contributed by atoms with Gasteiger partial charge < -0.3 is 20.3 Å². The Morgan fingerprint density at radius 1 is 1.42 bits per heavy atom. The lowest BCUT2D eigenvalue weighted by molar-refractivity contribution is -0.131. The quantitative estimate of drug-likeness (QED) is 0.648. The van der Waals surface area contributed by atoms with Crippen molar-refractivity contribution in [2.75, 3.05) is 20.6 Å². The molecule has 130 valence electrons. The third kappa shape index (κ3) is 5.18. The number of hydrogen-bond donors (Lipinski definition) is 3. The van der Waals surface area contributed by atoms with Crippen molar-refractivity contribution in [2.24, 2.45) is 0 Å². The van der Waals surface area contributed by atoms with E-state index >= 15 is 0 Å². The summed E-state index contributed by atoms with van der Waals surface area (Å²) in [7, 11) is 4.12. The molecule has 6 heteroatoms. The Labute approximate surface area is 142 Å². The van der Waals surface area contributed by atoms with Gasteiger partial charge in [-0.15, -0.1) is 0 Å². The smallest absolute Gasteiger partial charge is 0.328 e. The lowest BCUT2D eigenvalue weighted by Crippen LogP contribution is -2.31. The van der Waals surface area contributed by atoms with Gasteiger partial charge in [0.15, 0.2) is 0 Å². The zero-order valence-corrected chi connectivity index (χ0v) is 14.7. The zero-order valence-electron chi connectivity index (χ0n) is 14.7. The number of imidazole rings is 1. The molecule has 0 saturated carbocycles. The number of carboxylic acids is 1. The van der Waals surface area contributed by atoms with Crippen molar-refractivity contribution in [3.05, 3.63) is 35.7 Å². The number of nitrogens with zero attached hydrogens (tertiary/aromatic N) is 2. The van der Waals surface area contributed by atoms with Crippen LogP contribution >= 0.6 is 0 Å². The number of hydrogen-bond acceptors (Lipinski definition) is 4. The van der Waals surface area contributed by atoms with E-state index in [-0.39, 0.29) is 6.04 Å². The van der Waals surface area contributed by atoms with Gasteiger partial charge in [0.2, 0.25) is 0 Å². The highest BCUT2D eigenvalue weighted by Gasteiger charge is 2.17. The van der Waals surface area contributed by atoms with Crippen LogP contribution in [0.5, 0.6) is 0 Å². The standard InChI is InChI=1S/C18H26N4O2/c1-12(2)19-15(9-10-22(3)4)18-20-14-7-5-13(6-8-17(23)24)11-16(14)21-18/h5-8,11-12,15,19H,9-10H2,1-4H3,(H,20,21)(H,23,24)/b8-6+/t15-/m1/s1. The SMILES string of the molecule is CC(C)N[C@H](CCN(C)C)c1nc2ccc(/C=C/C(=O)O)cc2[nH]1. The van der Waals surface area contributed by atoms with E-state index in [4.69, 9.17) is 10.1 Å². The third-order valence-electron chi connectivity index (χ3n) is 3.67. The van der Waals surface area contributed by atoms with Gasteiger partial charge in [0.05, 0.1) is 17.1 Å². The topological polar surface area (TPSA) is 81.2 Å². The number of carboxylic acid groups (broad SMARTS) is 1. The van der Waals surface area contributed by atoms with Crippen molar-refractivity contribution < 1.29 is 9.90 Å². The Bertz CT molecular complexity index is 719. The van der Waals surface area contributed by atoms with Crippen molar-refractivity contribution in [1.29, 1.82) is 0 Å². The monoisotopic (exact) mass is 330 g/mol. The Hall–Kier alpha value is -2.18. The number of fused-ring (bicyclic) bond motifs is 1. The summed E-state index contributed by atoms with van der Waals surface area (Å²) >= 11 is 0. The first-order valence-electron chi connectivity index (χ1n) is 8.16. The van der Waals surface area contributed by atoms with Crippen LogP contribution in [0.3, 0.4) is 0 Å². The Kier molecular flexibility index (Phi) is 6.11. The lowest BCUT2D eigenvalue weighted by Gasteiger charge is -2.21. The molecule has 6 nitrogen and oxygen atoms in total. The summed E-state index contributed by atoms with van der Waals surface area (Å²) in [4.78, 5) is 20.9. The minimum absolute atomic E-state index is 0.151. The second-order valence-corrected chi connectivity index (χ2v) is 6.54. The highest BCUT2D eigenvalue weighted by Crippen LogP contribution is 2.21. The van der Waals surface area contributed by atoms with Crippen molar-refractivity contribution in [1.82, 2.24) is 20.2 Å². The van der Waals surface area contributed by atoms with Crippen LogP contribution in [-0.4, -0.2) is 52.6 Å². The number of nitrogens with one attached hydrogen (secondary N) is 2. The van der Waals surface area contributed by atoms with Crippen molar-refractivity contribution in [3.8, 4) is 0 Å². The van der Waals surface area contributed by atoms with E-state index < -0.39 is 5.97 Å². The molecule has 3 N–H and O–H groups in total. The van der Waals surface area contributed by atoms with Crippen LogP contribution < -0.4 is 5.32 Å². The second kappa shape index (κ2) is 8.08. The van der Waals surface area contributed by atoms with Gasteiger partial charge in [0.25, 0.3) is 0 Å². The van der Waals surface area contributed by atoms with Gasteiger partial charge >= 0.3 is 5.97 Å². The van der Waals surface area contributed by atoms with Crippen molar-refractivity contribution in [2.45, 2.75) is 32.4 Å². The normalized spacial score (nSPS) is 13.4. The molecule has 0 aliphatic heterocycles. The Morgan fingerprint density at radius 3 is 2.79 bits per heavy atom. The molecule has 0 aliphatic rings. The summed E-state index contributed by atoms with van der Waals surface area (Å²) in [6, 6.07) is 6.22. The van der Waals surface area contributed by atoms with E-state index in [2.05, 4.69) is 43.1 Å². The van der Waals surface area contributed by atoms with Gasteiger partial charge in [0, 0.05) is 12.1 Å². The summed E-state index contributed by atoms with van der Waals surface area (Å²) in [6.07, 6.45) is 3.67. The number of carbonyl (C=O) groups is 1. The maximum absolute atomic E-state index is 10.6. The van der Waals surface area contributed by atoms with Crippen LogP contribution in [0.25, 0.3) is 17.1 Å². The highest BCUT2D eigenvalue weighted by atomic mass is 16.4. The Balaban J connectivity index is 2.26. The number of aromatic amines is 1. The van der Waals surface area contributed by atoms with E-state index in [9.17, 15) is 4.79 Å². The van der Waals surface area contributed by atoms with Gasteiger partial charge in [0.1, 0.15) is 5.82 Å². The number of benzene rings is 1. The number of aromatic nitrogens is 2. The summed E-state index contributed by atoms with van der Waals surface area (Å²) in [5.74, 6) is -0.0369. The molecule has 1 aromatic heterocycles. The van der Waals surface area contributed by atoms with E-state index in [0.717, 1.165) is 41.5 Å². The predicted octanol–water partition coefficient (Wildman–Crippen LogP) is 2.65. The van der Waals surface area contributed by atoms with Crippen LogP contribution in [0.1, 0.15) is 37.7 Å². The fourth-order valence-electron chi connectivity index (χ4n) is 2.57. The Morgan fingerprint density at radius 2 is 2.17 bits per heavy atom. The molecular weight excluding hydrogens is 304 g/mol. The molecule has 0 radical (unpaired) electrons. The average molecular weight is 330 g/mol. The molecule has 0 spiro atoms. The van der Waals surface area contributed by atoms with Crippen molar-refractivity contribution in [3.63, 3.8) is 0 Å². The molecule has 0 bridgehead atoms. The molecule has 1 atom stereocenters. The maximum Gasteiger partial charge on any atom is 0.328 e. The fraction of sp³-hybridized carbons (Fsp3) is 0.444. The molecule has 1 heterocycles. The van der Waals surface area contributed by atoms with E-state index in [1.54, 1.807) is 6.08 Å². The molecule has 2 rings (SSSR count). The van der Waals surface area contributed by atoms with E-state index in [1.165, 1.54) is 0 Å².